The molecule has 1 aliphatic carbocycles. The number of allylic oxidation sites excluding steroid dienone is 6. The third-order valence-electron chi connectivity index (χ3n) is 14.3. The number of aliphatic hydroxyl groups is 5. The second-order valence-corrected chi connectivity index (χ2v) is 19.6. The summed E-state index contributed by atoms with van der Waals surface area (Å²) in [4.78, 5) is 71.5. The van der Waals surface area contributed by atoms with Gasteiger partial charge in [-0.15, -0.1) is 0 Å². The minimum Gasteiger partial charge on any atom is -0.460 e. The highest BCUT2D eigenvalue weighted by atomic mass is 16.7. The summed E-state index contributed by atoms with van der Waals surface area (Å²) in [6, 6.07) is -1.23. The van der Waals surface area contributed by atoms with Crippen LogP contribution in [0, 0.1) is 35.5 Å². The first-order chi connectivity index (χ1) is 30.5. The molecule has 4 aliphatic rings. The highest BCUT2D eigenvalue weighted by Gasteiger charge is 2.57. The molecule has 1 unspecified atom stereocenters. The number of hydrogen-bond acceptors (Lipinski definition) is 14. The Balaban J connectivity index is 1.72. The van der Waals surface area contributed by atoms with Crippen LogP contribution in [-0.2, 0) is 42.9 Å². The van der Waals surface area contributed by atoms with Crippen LogP contribution in [0.2, 0.25) is 0 Å². The molecule has 0 aromatic carbocycles. The van der Waals surface area contributed by atoms with Crippen LogP contribution >= 0.6 is 0 Å². The number of ether oxygens (including phenoxy) is 4. The summed E-state index contributed by atoms with van der Waals surface area (Å²) in [6.07, 6.45) is 7.96. The van der Waals surface area contributed by atoms with Crippen molar-refractivity contribution < 1.29 is 68.5 Å². The Labute approximate surface area is 385 Å². The number of aliphatic hydroxyl groups excluding tert-OH is 3. The van der Waals surface area contributed by atoms with Gasteiger partial charge in [-0.3, -0.25) is 19.2 Å². The first-order valence-corrected chi connectivity index (χ1v) is 23.6. The maximum Gasteiger partial charge on any atom is 0.329 e. The predicted octanol–water partition coefficient (Wildman–Crippen LogP) is 4.85. The standard InChI is InChI=1S/C50H77NO14/c1-29-15-11-10-12-16-30(2)42(62-8)28-49(60)21-20-35(7)50(61,65-49)46(57)47(58)51-22-14-13-17-37(51)48(59)64-41(32(4)25-36-18-19-38(52)40(54)26-36)27-39(53)31(3)24-34(6)44(56)45(63-9)43(55)33(5)23-29/h10-12,15-16,24,29,31-33,35-38,40-42,44-45,52,54,56,60-61H,13-14,17-23,25-28H2,1-9H3/b12-10+,15-11+,30-16+,34-24+/t29-,31-,32-,33-,35-,36+,37+,38-,40?,41+,42+,44-,45+,49+,50-/m1/s1. The van der Waals surface area contributed by atoms with E-state index in [4.69, 9.17) is 18.9 Å². The number of rotatable bonds is 5. The maximum atomic E-state index is 14.3. The van der Waals surface area contributed by atoms with Gasteiger partial charge in [0, 0.05) is 57.8 Å². The first-order valence-electron chi connectivity index (χ1n) is 23.6. The maximum absolute atomic E-state index is 14.3. The van der Waals surface area contributed by atoms with Crippen LogP contribution < -0.4 is 0 Å². The van der Waals surface area contributed by atoms with Crippen molar-refractivity contribution in [2.24, 2.45) is 35.5 Å². The summed E-state index contributed by atoms with van der Waals surface area (Å²) >= 11 is 0. The van der Waals surface area contributed by atoms with Crippen LogP contribution in [0.3, 0.4) is 0 Å². The van der Waals surface area contributed by atoms with Gasteiger partial charge in [-0.1, -0.05) is 71.1 Å². The normalized spacial score (nSPS) is 41.6. The molecule has 3 heterocycles. The van der Waals surface area contributed by atoms with Crippen LogP contribution in [0.25, 0.3) is 0 Å². The lowest BCUT2D eigenvalue weighted by Gasteiger charge is -2.46. The summed E-state index contributed by atoms with van der Waals surface area (Å²) in [6.45, 7) is 12.2. The molecule has 2 saturated heterocycles. The lowest BCUT2D eigenvalue weighted by molar-refractivity contribution is -0.360. The molecule has 65 heavy (non-hydrogen) atoms. The number of hydrogen-bond donors (Lipinski definition) is 5. The van der Waals surface area contributed by atoms with Gasteiger partial charge in [0.2, 0.25) is 5.79 Å². The minimum absolute atomic E-state index is 0.00501. The number of esters is 1. The number of methoxy groups -OCH3 is 2. The number of Topliss-reactive ketones (excluding diaryl/α,β-unsaturated/α-hetero) is 3. The monoisotopic (exact) mass is 916 g/mol. The molecule has 0 radical (unpaired) electrons. The van der Waals surface area contributed by atoms with E-state index in [9.17, 15) is 49.5 Å². The SMILES string of the molecule is CO[C@H]1C[C@]2(O)CC[C@@H](C)[C@@](O)(O2)C(=O)C(=O)N2CCCC[C@H]2C(=O)O[C@H]([C@H](C)C[C@@H]2CC[C@@H](O)C(O)C2)CC(=O)[C@H](C)/C=C(\C)[C@@H](O)[C@@H](OC)C(=O)[C@H](C)C[C@H](C)/C=C/C=C/C=C/1C. The smallest absolute Gasteiger partial charge is 0.329 e. The van der Waals surface area contributed by atoms with Crippen molar-refractivity contribution in [3.05, 3.63) is 47.6 Å². The Morgan fingerprint density at radius 1 is 0.862 bits per heavy atom. The molecule has 0 aromatic rings. The van der Waals surface area contributed by atoms with Crippen LogP contribution in [0.5, 0.6) is 0 Å². The molecule has 366 valence electrons. The molecule has 15 atom stereocenters. The molecule has 1 amide bonds. The quantitative estimate of drug-likeness (QED) is 0.141. The molecular weight excluding hydrogens is 839 g/mol. The number of piperidine rings is 1. The Kier molecular flexibility index (Phi) is 20.1. The lowest BCUT2D eigenvalue weighted by Crippen LogP contribution is -2.63. The van der Waals surface area contributed by atoms with Gasteiger partial charge >= 0.3 is 5.97 Å². The summed E-state index contributed by atoms with van der Waals surface area (Å²) < 4.78 is 23.3. The van der Waals surface area contributed by atoms with E-state index in [1.165, 1.54) is 14.2 Å². The highest BCUT2D eigenvalue weighted by molar-refractivity contribution is 6.39. The molecule has 0 aromatic heterocycles. The fourth-order valence-corrected chi connectivity index (χ4v) is 9.88. The number of amides is 1. The van der Waals surface area contributed by atoms with Crippen molar-refractivity contribution in [1.29, 1.82) is 0 Å². The van der Waals surface area contributed by atoms with Gasteiger partial charge in [-0.05, 0) is 101 Å². The molecule has 3 fully saturated rings. The molecular formula is C50H77NO14. The molecule has 3 aliphatic heterocycles. The van der Waals surface area contributed by atoms with Crippen LogP contribution in [0.1, 0.15) is 126 Å². The summed E-state index contributed by atoms with van der Waals surface area (Å²) in [5, 5.41) is 55.7. The van der Waals surface area contributed by atoms with E-state index in [0.717, 1.165) is 4.90 Å². The van der Waals surface area contributed by atoms with Gasteiger partial charge in [-0.25, -0.2) is 4.79 Å². The number of ketones is 3. The van der Waals surface area contributed by atoms with E-state index in [0.29, 0.717) is 56.1 Å². The highest BCUT2D eigenvalue weighted by Crippen LogP contribution is 2.41. The second kappa shape index (κ2) is 24.0. The zero-order valence-corrected chi connectivity index (χ0v) is 40.0. The van der Waals surface area contributed by atoms with E-state index in [-0.39, 0.29) is 62.1 Å². The third kappa shape index (κ3) is 14.1. The fourth-order valence-electron chi connectivity index (χ4n) is 9.88. The molecule has 1 saturated carbocycles. The van der Waals surface area contributed by atoms with Gasteiger partial charge in [0.05, 0.1) is 18.3 Å². The summed E-state index contributed by atoms with van der Waals surface area (Å²) in [7, 11) is 2.82. The van der Waals surface area contributed by atoms with E-state index in [1.807, 2.05) is 32.1 Å². The van der Waals surface area contributed by atoms with Gasteiger partial charge in [-0.2, -0.15) is 0 Å². The van der Waals surface area contributed by atoms with Gasteiger partial charge < -0.3 is 49.4 Å². The fraction of sp³-hybridized carbons (Fsp3) is 0.740. The minimum atomic E-state index is -2.73. The van der Waals surface area contributed by atoms with E-state index >= 15 is 0 Å². The van der Waals surface area contributed by atoms with Gasteiger partial charge in [0.15, 0.2) is 11.6 Å². The van der Waals surface area contributed by atoms with Crippen molar-refractivity contribution in [3.63, 3.8) is 0 Å². The number of nitrogens with zero attached hydrogens (tertiary/aromatic N) is 1. The van der Waals surface area contributed by atoms with Gasteiger partial charge in [0.1, 0.15) is 30.1 Å². The second-order valence-electron chi connectivity index (χ2n) is 19.6. The van der Waals surface area contributed by atoms with E-state index < -0.39 is 95.6 Å². The molecule has 15 nitrogen and oxygen atoms in total. The zero-order chi connectivity index (χ0) is 48.4. The van der Waals surface area contributed by atoms with Crippen LogP contribution in [-0.4, -0.2) is 135 Å². The number of cyclic esters (lactones) is 1. The van der Waals surface area contributed by atoms with Crippen LogP contribution in [0.15, 0.2) is 47.6 Å². The van der Waals surface area contributed by atoms with Crippen molar-refractivity contribution in [2.75, 3.05) is 20.8 Å². The Morgan fingerprint density at radius 3 is 2.23 bits per heavy atom. The lowest BCUT2D eigenvalue weighted by atomic mass is 9.78. The first kappa shape index (κ1) is 54.2. The Morgan fingerprint density at radius 2 is 1.57 bits per heavy atom. The van der Waals surface area contributed by atoms with Crippen molar-refractivity contribution in [1.82, 2.24) is 4.90 Å². The summed E-state index contributed by atoms with van der Waals surface area (Å²) in [5.74, 6) is -11.3. The summed E-state index contributed by atoms with van der Waals surface area (Å²) in [5.41, 5.74) is 1.06. The van der Waals surface area contributed by atoms with Crippen molar-refractivity contribution in [2.45, 2.75) is 180 Å². The molecule has 5 N–H and O–H groups in total. The Hall–Kier alpha value is -3.41. The van der Waals surface area contributed by atoms with Crippen molar-refractivity contribution >= 4 is 29.2 Å². The average Bonchev–Trinajstić information content (AvgIpc) is 3.26. The molecule has 15 heteroatoms. The Bertz CT molecular complexity index is 1790. The van der Waals surface area contributed by atoms with E-state index in [1.54, 1.807) is 52.8 Å². The largest absolute Gasteiger partial charge is 0.460 e. The van der Waals surface area contributed by atoms with E-state index in [2.05, 4.69) is 0 Å². The van der Waals surface area contributed by atoms with Gasteiger partial charge in [0.25, 0.3) is 11.7 Å². The topological polar surface area (TPSA) is 227 Å². The molecule has 2 bridgehead atoms. The third-order valence-corrected chi connectivity index (χ3v) is 14.3. The molecule has 0 spiro atoms. The number of carbonyl (C=O) groups is 5. The van der Waals surface area contributed by atoms with Crippen LogP contribution in [0.4, 0.5) is 0 Å². The van der Waals surface area contributed by atoms with Crippen molar-refractivity contribution in [3.8, 4) is 0 Å². The average molecular weight is 916 g/mol. The number of fused-ring (bicyclic) bond motifs is 3. The zero-order valence-electron chi connectivity index (χ0n) is 40.0. The number of carbonyl (C=O) groups excluding carboxylic acids is 5. The molecule has 4 rings (SSSR count). The predicted molar refractivity (Wildman–Crippen MR) is 242 cm³/mol.